The average Bonchev–Trinajstić information content (AvgIpc) is 2.80. The van der Waals surface area contributed by atoms with Gasteiger partial charge < -0.3 is 13.9 Å². The largest absolute Gasteiger partial charge is 0.504 e. The molecule has 3 aliphatic rings. The molecule has 3 rings (SSSR count). The summed E-state index contributed by atoms with van der Waals surface area (Å²) in [5.74, 6) is 0.347. The molecule has 3 atom stereocenters. The van der Waals surface area contributed by atoms with Crippen LogP contribution in [-0.4, -0.2) is 27.3 Å². The molecular formula is C16H23ClO4Si. The van der Waals surface area contributed by atoms with Crippen LogP contribution in [0.4, 0.5) is 0 Å². The Bertz CT molecular complexity index is 537. The first-order valence-electron chi connectivity index (χ1n) is 7.88. The van der Waals surface area contributed by atoms with Gasteiger partial charge >= 0.3 is 13.6 Å². The minimum Gasteiger partial charge on any atom is -0.504 e. The molecule has 1 heterocycles. The summed E-state index contributed by atoms with van der Waals surface area (Å²) in [5, 5.41) is 0. The topological polar surface area (TPSA) is 44.8 Å². The summed E-state index contributed by atoms with van der Waals surface area (Å²) in [4.78, 5) is 12.4. The number of methoxy groups -OCH3 is 1. The highest BCUT2D eigenvalue weighted by Gasteiger charge is 2.58. The SMILES string of the molecule is CO/C(O[Si](C)(C)Cl)=C1\C=C[C@H]2CCCC[C@@]23COC(=O)[C@@H]13. The molecule has 6 heteroatoms. The smallest absolute Gasteiger partial charge is 0.345 e. The molecule has 0 aromatic carbocycles. The van der Waals surface area contributed by atoms with Crippen molar-refractivity contribution >= 4 is 24.7 Å². The Kier molecular flexibility index (Phi) is 4.06. The predicted octanol–water partition coefficient (Wildman–Crippen LogP) is 3.72. The van der Waals surface area contributed by atoms with Gasteiger partial charge in [0.05, 0.1) is 19.6 Å². The average molecular weight is 343 g/mol. The van der Waals surface area contributed by atoms with Gasteiger partial charge in [-0.1, -0.05) is 25.0 Å². The molecule has 1 saturated carbocycles. The molecule has 22 heavy (non-hydrogen) atoms. The quantitative estimate of drug-likeness (QED) is 0.339. The van der Waals surface area contributed by atoms with Gasteiger partial charge in [0.25, 0.3) is 5.95 Å². The number of esters is 1. The van der Waals surface area contributed by atoms with E-state index in [4.69, 9.17) is 25.0 Å². The molecule has 0 unspecified atom stereocenters. The standard InChI is InChI=1S/C16H23ClO4Si/c1-19-15(21-22(2,3)17)12-8-7-11-6-4-5-9-16(11)10-20-14(18)13(12)16/h7-8,11,13H,4-6,9-10H2,1-3H3/b15-12-/t11-,13-,16-/m1/s1. The molecule has 0 amide bonds. The maximum Gasteiger partial charge on any atom is 0.345 e. The Morgan fingerprint density at radius 1 is 1.45 bits per heavy atom. The number of hydrogen-bond donors (Lipinski definition) is 0. The number of carbonyl (C=O) groups excluding carboxylic acids is 1. The van der Waals surface area contributed by atoms with Crippen LogP contribution in [0.3, 0.4) is 0 Å². The highest BCUT2D eigenvalue weighted by Crippen LogP contribution is 2.56. The second-order valence-electron chi connectivity index (χ2n) is 6.90. The highest BCUT2D eigenvalue weighted by molar-refractivity contribution is 7.15. The predicted molar refractivity (Wildman–Crippen MR) is 86.4 cm³/mol. The summed E-state index contributed by atoms with van der Waals surface area (Å²) in [6.07, 6.45) is 8.69. The normalized spacial score (nSPS) is 36.3. The maximum absolute atomic E-state index is 12.4. The van der Waals surface area contributed by atoms with Gasteiger partial charge in [0, 0.05) is 11.0 Å². The molecule has 4 nitrogen and oxygen atoms in total. The second-order valence-corrected chi connectivity index (χ2v) is 12.6. The third-order valence-corrected chi connectivity index (χ3v) is 5.92. The molecule has 0 N–H and O–H groups in total. The van der Waals surface area contributed by atoms with E-state index in [0.717, 1.165) is 24.8 Å². The monoisotopic (exact) mass is 342 g/mol. The molecule has 1 aliphatic heterocycles. The summed E-state index contributed by atoms with van der Waals surface area (Å²) in [6, 6.07) is 0. The van der Waals surface area contributed by atoms with Gasteiger partial charge in [0.15, 0.2) is 0 Å². The Morgan fingerprint density at radius 3 is 2.91 bits per heavy atom. The number of allylic oxidation sites excluding steroid dienone is 2. The molecule has 2 aliphatic carbocycles. The molecule has 0 aromatic heterocycles. The fourth-order valence-electron chi connectivity index (χ4n) is 4.10. The molecular weight excluding hydrogens is 320 g/mol. The highest BCUT2D eigenvalue weighted by atomic mass is 35.6. The summed E-state index contributed by atoms with van der Waals surface area (Å²) in [6.45, 7) is 4.27. The molecule has 122 valence electrons. The van der Waals surface area contributed by atoms with Crippen LogP contribution in [0.2, 0.25) is 13.1 Å². The van der Waals surface area contributed by atoms with Gasteiger partial charge in [-0.05, 0) is 31.9 Å². The number of rotatable bonds is 3. The van der Waals surface area contributed by atoms with E-state index >= 15 is 0 Å². The Morgan fingerprint density at radius 2 is 2.23 bits per heavy atom. The zero-order valence-electron chi connectivity index (χ0n) is 13.4. The van der Waals surface area contributed by atoms with E-state index < -0.39 is 7.63 Å². The van der Waals surface area contributed by atoms with Crippen molar-refractivity contribution in [2.24, 2.45) is 17.3 Å². The number of hydrogen-bond acceptors (Lipinski definition) is 4. The first-order valence-corrected chi connectivity index (χ1v) is 11.8. The van der Waals surface area contributed by atoms with E-state index in [1.54, 1.807) is 7.11 Å². The van der Waals surface area contributed by atoms with Crippen molar-refractivity contribution in [1.29, 1.82) is 0 Å². The Hall–Kier alpha value is -0.943. The van der Waals surface area contributed by atoms with Gasteiger partial charge in [-0.15, -0.1) is 11.1 Å². The van der Waals surface area contributed by atoms with Crippen LogP contribution >= 0.6 is 11.1 Å². The van der Waals surface area contributed by atoms with Crippen molar-refractivity contribution in [3.8, 4) is 0 Å². The minimum absolute atomic E-state index is 0.120. The first kappa shape index (κ1) is 15.9. The second kappa shape index (κ2) is 5.60. The van der Waals surface area contributed by atoms with Crippen molar-refractivity contribution in [2.75, 3.05) is 13.7 Å². The lowest BCUT2D eigenvalue weighted by molar-refractivity contribution is -0.140. The van der Waals surface area contributed by atoms with E-state index in [9.17, 15) is 4.79 Å². The summed E-state index contributed by atoms with van der Waals surface area (Å²) in [5.41, 5.74) is 0.675. The van der Waals surface area contributed by atoms with Gasteiger partial charge in [0.2, 0.25) is 0 Å². The van der Waals surface area contributed by atoms with Crippen LogP contribution in [0.5, 0.6) is 0 Å². The van der Waals surface area contributed by atoms with E-state index in [0.29, 0.717) is 18.5 Å². The van der Waals surface area contributed by atoms with Crippen LogP contribution in [0, 0.1) is 17.3 Å². The number of carbonyl (C=O) groups is 1. The van der Waals surface area contributed by atoms with Gasteiger partial charge in [-0.2, -0.15) is 0 Å². The molecule has 1 saturated heterocycles. The fraction of sp³-hybridized carbons (Fsp3) is 0.688. The van der Waals surface area contributed by atoms with Crippen molar-refractivity contribution < 1.29 is 18.7 Å². The third kappa shape index (κ3) is 2.58. The molecule has 0 bridgehead atoms. The summed E-state index contributed by atoms with van der Waals surface area (Å²) < 4.78 is 16.8. The van der Waals surface area contributed by atoms with E-state index in [1.807, 2.05) is 19.2 Å². The maximum atomic E-state index is 12.4. The van der Waals surface area contributed by atoms with Crippen LogP contribution in [0.15, 0.2) is 23.7 Å². The number of ether oxygens (including phenoxy) is 2. The summed E-state index contributed by atoms with van der Waals surface area (Å²) in [7, 11) is -0.771. The van der Waals surface area contributed by atoms with Gasteiger partial charge in [-0.3, -0.25) is 4.79 Å². The molecule has 1 spiro atoms. The third-order valence-electron chi connectivity index (χ3n) is 5.02. The molecule has 0 radical (unpaired) electrons. The first-order chi connectivity index (χ1) is 10.4. The fourth-order valence-corrected chi connectivity index (χ4v) is 4.95. The lowest BCUT2D eigenvalue weighted by Gasteiger charge is -2.44. The van der Waals surface area contributed by atoms with Gasteiger partial charge in [-0.25, -0.2) is 0 Å². The Labute approximate surface area is 137 Å². The van der Waals surface area contributed by atoms with Crippen LogP contribution in [0.1, 0.15) is 25.7 Å². The van der Waals surface area contributed by atoms with Crippen molar-refractivity contribution in [3.05, 3.63) is 23.7 Å². The van der Waals surface area contributed by atoms with Crippen molar-refractivity contribution in [1.82, 2.24) is 0 Å². The lowest BCUT2D eigenvalue weighted by atomic mass is 9.57. The molecule has 0 aromatic rings. The lowest BCUT2D eigenvalue weighted by Crippen LogP contribution is -2.43. The minimum atomic E-state index is -2.33. The zero-order chi connectivity index (χ0) is 16.0. The number of cyclic esters (lactones) is 1. The summed E-state index contributed by atoms with van der Waals surface area (Å²) >= 11 is 6.30. The van der Waals surface area contributed by atoms with Crippen LogP contribution in [-0.2, 0) is 18.7 Å². The van der Waals surface area contributed by atoms with Crippen molar-refractivity contribution in [2.45, 2.75) is 38.8 Å². The number of halogens is 1. The van der Waals surface area contributed by atoms with E-state index in [-0.39, 0.29) is 17.3 Å². The van der Waals surface area contributed by atoms with Crippen LogP contribution < -0.4 is 0 Å². The van der Waals surface area contributed by atoms with E-state index in [2.05, 4.69) is 6.08 Å². The van der Waals surface area contributed by atoms with Gasteiger partial charge in [0.1, 0.15) is 0 Å². The Balaban J connectivity index is 2.06. The van der Waals surface area contributed by atoms with Crippen LogP contribution in [0.25, 0.3) is 0 Å². The zero-order valence-corrected chi connectivity index (χ0v) is 15.1. The van der Waals surface area contributed by atoms with Crippen molar-refractivity contribution in [3.63, 3.8) is 0 Å². The molecule has 2 fully saturated rings. The van der Waals surface area contributed by atoms with E-state index in [1.165, 1.54) is 6.42 Å².